The second-order valence-electron chi connectivity index (χ2n) is 6.34. The van der Waals surface area contributed by atoms with Gasteiger partial charge in [-0.05, 0) is 66.7 Å². The number of hydrogen-bond donors (Lipinski definition) is 1. The smallest absolute Gasteiger partial charge is 0.343 e. The number of halogens is 2. The van der Waals surface area contributed by atoms with Crippen LogP contribution in [-0.4, -0.2) is 31.8 Å². The fraction of sp³-hybridized carbons (Fsp3) is 0.0870. The highest BCUT2D eigenvalue weighted by molar-refractivity contribution is 9.10. The molecule has 0 heterocycles. The van der Waals surface area contributed by atoms with E-state index in [-0.39, 0.29) is 12.4 Å². The molecule has 164 valence electrons. The molecule has 0 aliphatic rings. The molecule has 3 aromatic carbocycles. The van der Waals surface area contributed by atoms with Crippen LogP contribution in [0.3, 0.4) is 0 Å². The molecule has 0 radical (unpaired) electrons. The summed E-state index contributed by atoms with van der Waals surface area (Å²) in [5.41, 5.74) is 3.25. The van der Waals surface area contributed by atoms with Crippen molar-refractivity contribution in [3.05, 3.63) is 86.8 Å². The van der Waals surface area contributed by atoms with E-state index in [1.165, 1.54) is 6.21 Å². The molecule has 0 aliphatic heterocycles. The van der Waals surface area contributed by atoms with Gasteiger partial charge in [-0.2, -0.15) is 5.10 Å². The maximum atomic E-state index is 12.5. The van der Waals surface area contributed by atoms with Gasteiger partial charge in [0.15, 0.2) is 6.61 Å². The lowest BCUT2D eigenvalue weighted by atomic mass is 10.2. The summed E-state index contributed by atoms with van der Waals surface area (Å²) >= 11 is 6.71. The van der Waals surface area contributed by atoms with Crippen LogP contribution >= 0.6 is 31.9 Å². The van der Waals surface area contributed by atoms with Crippen molar-refractivity contribution in [1.29, 1.82) is 0 Å². The van der Waals surface area contributed by atoms with Gasteiger partial charge in [0.05, 0.1) is 18.9 Å². The average Bonchev–Trinajstić information content (AvgIpc) is 2.80. The Balaban J connectivity index is 1.61. The number of benzene rings is 3. The molecule has 1 N–H and O–H groups in total. The first kappa shape index (κ1) is 23.5. The largest absolute Gasteiger partial charge is 0.497 e. The number of ether oxygens (including phenoxy) is 3. The molecule has 0 aromatic heterocycles. The first-order valence-corrected chi connectivity index (χ1v) is 10.9. The Kier molecular flexibility index (Phi) is 8.41. The molecule has 0 saturated heterocycles. The van der Waals surface area contributed by atoms with Crippen LogP contribution in [-0.2, 0) is 4.79 Å². The van der Waals surface area contributed by atoms with Gasteiger partial charge in [0, 0.05) is 14.5 Å². The number of esters is 1. The van der Waals surface area contributed by atoms with E-state index in [2.05, 4.69) is 42.4 Å². The van der Waals surface area contributed by atoms with E-state index < -0.39 is 11.9 Å². The molecular formula is C23H18Br2N2O5. The molecule has 0 unspecified atom stereocenters. The third kappa shape index (κ3) is 6.93. The number of hydrogen-bond acceptors (Lipinski definition) is 6. The Morgan fingerprint density at radius 3 is 2.28 bits per heavy atom. The van der Waals surface area contributed by atoms with Gasteiger partial charge < -0.3 is 14.2 Å². The molecule has 0 atom stereocenters. The van der Waals surface area contributed by atoms with Gasteiger partial charge in [0.1, 0.15) is 17.2 Å². The standard InChI is InChI=1S/C23H18Br2N2O5/c1-30-19-7-2-15(3-8-19)23(29)32-21-11-6-18(25)12-16(21)13-26-27-22(28)14-31-20-9-4-17(24)5-10-20/h2-13H,14H2,1H3,(H,27,28)/b26-13+. The third-order valence-corrected chi connectivity index (χ3v) is 5.10. The van der Waals surface area contributed by atoms with Gasteiger partial charge in [0.25, 0.3) is 5.91 Å². The first-order valence-electron chi connectivity index (χ1n) is 9.30. The predicted molar refractivity (Wildman–Crippen MR) is 127 cm³/mol. The molecule has 0 saturated carbocycles. The topological polar surface area (TPSA) is 86.2 Å². The van der Waals surface area contributed by atoms with Crippen LogP contribution in [0.1, 0.15) is 15.9 Å². The summed E-state index contributed by atoms with van der Waals surface area (Å²) in [6.07, 6.45) is 1.39. The highest BCUT2D eigenvalue weighted by Crippen LogP contribution is 2.23. The van der Waals surface area contributed by atoms with Gasteiger partial charge in [-0.15, -0.1) is 0 Å². The monoisotopic (exact) mass is 560 g/mol. The second-order valence-corrected chi connectivity index (χ2v) is 8.17. The summed E-state index contributed by atoms with van der Waals surface area (Å²) < 4.78 is 17.7. The van der Waals surface area contributed by atoms with Crippen molar-refractivity contribution >= 4 is 50.0 Å². The summed E-state index contributed by atoms with van der Waals surface area (Å²) in [6, 6.07) is 18.8. The molecule has 7 nitrogen and oxygen atoms in total. The number of nitrogens with zero attached hydrogens (tertiary/aromatic N) is 1. The number of amides is 1. The molecule has 1 amide bonds. The zero-order chi connectivity index (χ0) is 22.9. The van der Waals surface area contributed by atoms with E-state index in [0.29, 0.717) is 22.6 Å². The Bertz CT molecular complexity index is 1120. The summed E-state index contributed by atoms with van der Waals surface area (Å²) in [4.78, 5) is 24.4. The van der Waals surface area contributed by atoms with Gasteiger partial charge in [0.2, 0.25) is 0 Å². The molecule has 3 aromatic rings. The van der Waals surface area contributed by atoms with Gasteiger partial charge >= 0.3 is 5.97 Å². The fourth-order valence-corrected chi connectivity index (χ4v) is 3.13. The molecular weight excluding hydrogens is 544 g/mol. The lowest BCUT2D eigenvalue weighted by Crippen LogP contribution is -2.24. The Morgan fingerprint density at radius 1 is 0.938 bits per heavy atom. The Morgan fingerprint density at radius 2 is 1.59 bits per heavy atom. The minimum Gasteiger partial charge on any atom is -0.497 e. The minimum absolute atomic E-state index is 0.198. The lowest BCUT2D eigenvalue weighted by molar-refractivity contribution is -0.123. The summed E-state index contributed by atoms with van der Waals surface area (Å²) in [5, 5.41) is 3.93. The molecule has 0 spiro atoms. The van der Waals surface area contributed by atoms with Crippen molar-refractivity contribution in [2.24, 2.45) is 5.10 Å². The second kappa shape index (κ2) is 11.4. The van der Waals surface area contributed by atoms with Crippen LogP contribution in [0.15, 0.2) is 80.8 Å². The minimum atomic E-state index is -0.531. The summed E-state index contributed by atoms with van der Waals surface area (Å²) in [6.45, 7) is -0.198. The Labute approximate surface area is 201 Å². The molecule has 9 heteroatoms. The van der Waals surface area contributed by atoms with Crippen LogP contribution in [0, 0.1) is 0 Å². The average molecular weight is 562 g/mol. The molecule has 3 rings (SSSR count). The van der Waals surface area contributed by atoms with Crippen LogP contribution in [0.25, 0.3) is 0 Å². The normalized spacial score (nSPS) is 10.6. The van der Waals surface area contributed by atoms with Crippen molar-refractivity contribution in [2.75, 3.05) is 13.7 Å². The van der Waals surface area contributed by atoms with E-state index >= 15 is 0 Å². The van der Waals surface area contributed by atoms with Gasteiger partial charge in [-0.3, -0.25) is 4.79 Å². The van der Waals surface area contributed by atoms with Crippen molar-refractivity contribution in [3.8, 4) is 17.2 Å². The van der Waals surface area contributed by atoms with Crippen molar-refractivity contribution < 1.29 is 23.8 Å². The van der Waals surface area contributed by atoms with Crippen molar-refractivity contribution in [3.63, 3.8) is 0 Å². The van der Waals surface area contributed by atoms with E-state index in [9.17, 15) is 9.59 Å². The lowest BCUT2D eigenvalue weighted by Gasteiger charge is -2.09. The summed E-state index contributed by atoms with van der Waals surface area (Å²) in [7, 11) is 1.55. The summed E-state index contributed by atoms with van der Waals surface area (Å²) in [5.74, 6) is 0.524. The molecule has 0 fully saturated rings. The van der Waals surface area contributed by atoms with Crippen LogP contribution in [0.2, 0.25) is 0 Å². The van der Waals surface area contributed by atoms with Gasteiger partial charge in [-0.1, -0.05) is 31.9 Å². The number of nitrogens with one attached hydrogen (secondary N) is 1. The zero-order valence-electron chi connectivity index (χ0n) is 16.9. The number of hydrazone groups is 1. The van der Waals surface area contributed by atoms with Crippen molar-refractivity contribution in [1.82, 2.24) is 5.43 Å². The third-order valence-electron chi connectivity index (χ3n) is 4.08. The zero-order valence-corrected chi connectivity index (χ0v) is 20.1. The SMILES string of the molecule is COc1ccc(C(=O)Oc2ccc(Br)cc2/C=N/NC(=O)COc2ccc(Br)cc2)cc1. The van der Waals surface area contributed by atoms with E-state index in [1.807, 2.05) is 12.1 Å². The maximum Gasteiger partial charge on any atom is 0.343 e. The quantitative estimate of drug-likeness (QED) is 0.182. The Hall–Kier alpha value is -3.17. The predicted octanol–water partition coefficient (Wildman–Crippen LogP) is 4.97. The van der Waals surface area contributed by atoms with Crippen LogP contribution in [0.5, 0.6) is 17.2 Å². The fourth-order valence-electron chi connectivity index (χ4n) is 2.48. The van der Waals surface area contributed by atoms with Crippen LogP contribution in [0.4, 0.5) is 0 Å². The number of carbonyl (C=O) groups excluding carboxylic acids is 2. The van der Waals surface area contributed by atoms with Crippen molar-refractivity contribution in [2.45, 2.75) is 0 Å². The van der Waals surface area contributed by atoms with E-state index in [0.717, 1.165) is 8.95 Å². The van der Waals surface area contributed by atoms with Gasteiger partial charge in [-0.25, -0.2) is 10.2 Å². The molecule has 0 bridgehead atoms. The number of methoxy groups -OCH3 is 1. The van der Waals surface area contributed by atoms with E-state index in [1.54, 1.807) is 61.7 Å². The number of rotatable bonds is 8. The van der Waals surface area contributed by atoms with Crippen LogP contribution < -0.4 is 19.6 Å². The molecule has 32 heavy (non-hydrogen) atoms. The highest BCUT2D eigenvalue weighted by Gasteiger charge is 2.12. The highest BCUT2D eigenvalue weighted by atomic mass is 79.9. The maximum absolute atomic E-state index is 12.5. The number of carbonyl (C=O) groups is 2. The first-order chi connectivity index (χ1) is 15.4. The molecule has 0 aliphatic carbocycles. The van der Waals surface area contributed by atoms with E-state index in [4.69, 9.17) is 14.2 Å².